The lowest BCUT2D eigenvalue weighted by Gasteiger charge is -2.03. The van der Waals surface area contributed by atoms with Crippen molar-refractivity contribution >= 4 is 43.8 Å². The highest BCUT2D eigenvalue weighted by Crippen LogP contribution is 2.34. The second kappa shape index (κ2) is 7.64. The highest BCUT2D eigenvalue weighted by molar-refractivity contribution is 8.01. The van der Waals surface area contributed by atoms with Gasteiger partial charge in [0.2, 0.25) is 15.0 Å². The number of benzene rings is 2. The number of aromatic nitrogens is 2. The van der Waals surface area contributed by atoms with Crippen LogP contribution in [-0.2, 0) is 9.84 Å². The molecule has 0 amide bonds. The van der Waals surface area contributed by atoms with Crippen molar-refractivity contribution in [3.8, 4) is 0 Å². The van der Waals surface area contributed by atoms with Gasteiger partial charge < -0.3 is 5.32 Å². The number of nitrogens with one attached hydrogen (secondary N) is 1. The first kappa shape index (κ1) is 18.7. The maximum absolute atomic E-state index is 13.6. The van der Waals surface area contributed by atoms with Crippen molar-refractivity contribution in [3.63, 3.8) is 0 Å². The van der Waals surface area contributed by atoms with Crippen LogP contribution < -0.4 is 5.32 Å². The van der Waals surface area contributed by atoms with E-state index < -0.39 is 26.3 Å². The molecule has 0 aliphatic carbocycles. The Morgan fingerprint density at radius 3 is 2.38 bits per heavy atom. The Morgan fingerprint density at radius 2 is 1.73 bits per heavy atom. The highest BCUT2D eigenvalue weighted by atomic mass is 32.2. The monoisotopic (exact) mass is 417 g/mol. The van der Waals surface area contributed by atoms with Crippen LogP contribution in [0.5, 0.6) is 0 Å². The van der Waals surface area contributed by atoms with Gasteiger partial charge >= 0.3 is 5.76 Å². The summed E-state index contributed by atoms with van der Waals surface area (Å²) in [5, 5.41) is 11.0. The maximum Gasteiger partial charge on any atom is 0.341 e. The van der Waals surface area contributed by atoms with E-state index >= 15 is 0 Å². The van der Waals surface area contributed by atoms with E-state index in [1.165, 1.54) is 41.3 Å². The third-order valence-corrected chi connectivity index (χ3v) is 6.41. The van der Waals surface area contributed by atoms with Gasteiger partial charge in [0.25, 0.3) is 0 Å². The molecule has 1 heterocycles. The van der Waals surface area contributed by atoms with E-state index in [0.29, 0.717) is 14.4 Å². The molecule has 11 heteroatoms. The minimum absolute atomic E-state index is 0.266. The van der Waals surface area contributed by atoms with Gasteiger partial charge in [0.15, 0.2) is 4.34 Å². The number of nitrogens with zero attached hydrogens (tertiary/aromatic N) is 2. The van der Waals surface area contributed by atoms with Gasteiger partial charge in [-0.05, 0) is 36.4 Å². The Labute approximate surface area is 155 Å². The summed E-state index contributed by atoms with van der Waals surface area (Å²) in [6.45, 7) is 0. The molecule has 0 fully saturated rings. The zero-order valence-electron chi connectivity index (χ0n) is 12.8. The van der Waals surface area contributed by atoms with Gasteiger partial charge in [-0.1, -0.05) is 35.2 Å². The number of alkyl halides is 2. The van der Waals surface area contributed by atoms with Gasteiger partial charge in [0.05, 0.1) is 10.6 Å². The average molecular weight is 417 g/mol. The van der Waals surface area contributed by atoms with Gasteiger partial charge in [-0.15, -0.1) is 10.2 Å². The zero-order chi connectivity index (χ0) is 18.7. The van der Waals surface area contributed by atoms with E-state index in [9.17, 15) is 21.6 Å². The molecule has 0 saturated heterocycles. The van der Waals surface area contributed by atoms with Crippen LogP contribution in [0, 0.1) is 5.82 Å². The van der Waals surface area contributed by atoms with Crippen molar-refractivity contribution < 1.29 is 21.6 Å². The van der Waals surface area contributed by atoms with Crippen LogP contribution in [0.25, 0.3) is 0 Å². The highest BCUT2D eigenvalue weighted by Gasteiger charge is 2.26. The molecule has 3 rings (SSSR count). The van der Waals surface area contributed by atoms with Gasteiger partial charge in [0, 0.05) is 4.90 Å². The normalized spacial score (nSPS) is 11.7. The quantitative estimate of drug-likeness (QED) is 0.634. The molecule has 26 heavy (non-hydrogen) atoms. The lowest BCUT2D eigenvalue weighted by Crippen LogP contribution is -2.10. The predicted octanol–water partition coefficient (Wildman–Crippen LogP) is 4.57. The molecular weight excluding hydrogens is 407 g/mol. The minimum atomic E-state index is -4.61. The second-order valence-corrected chi connectivity index (χ2v) is 9.07. The molecule has 0 unspecified atom stereocenters. The van der Waals surface area contributed by atoms with Crippen LogP contribution in [0.1, 0.15) is 0 Å². The molecule has 1 aromatic heterocycles. The molecule has 0 radical (unpaired) electrons. The number of sulfone groups is 1. The fraction of sp³-hybridized carbons (Fsp3) is 0.0667. The Morgan fingerprint density at radius 1 is 1.04 bits per heavy atom. The van der Waals surface area contributed by atoms with Crippen molar-refractivity contribution in [1.29, 1.82) is 0 Å². The molecule has 136 valence electrons. The van der Waals surface area contributed by atoms with Crippen LogP contribution in [-0.4, -0.2) is 24.4 Å². The summed E-state index contributed by atoms with van der Waals surface area (Å²) in [4.78, 5) is 0.155. The first-order valence-corrected chi connectivity index (χ1v) is 10.2. The Hall–Kier alpha value is -2.11. The molecule has 0 aliphatic rings. The molecule has 3 aromatic rings. The van der Waals surface area contributed by atoms with Crippen LogP contribution in [0.2, 0.25) is 0 Å². The smallest absolute Gasteiger partial charge is 0.328 e. The minimum Gasteiger partial charge on any atom is -0.328 e. The number of hydrogen-bond acceptors (Lipinski definition) is 7. The molecule has 0 aliphatic heterocycles. The van der Waals surface area contributed by atoms with E-state index in [2.05, 4.69) is 15.5 Å². The standard InChI is InChI=1S/C15H10F3N3O2S3/c16-11-3-1-2-4-12(11)19-14-20-21-15(25-14)24-9-5-7-10(8-6-9)26(22,23)13(17)18/h1-8,13H,(H,19,20). The average Bonchev–Trinajstić information content (AvgIpc) is 3.04. The molecule has 2 aromatic carbocycles. The third-order valence-electron chi connectivity index (χ3n) is 3.11. The second-order valence-electron chi connectivity index (χ2n) is 4.86. The van der Waals surface area contributed by atoms with E-state index in [1.54, 1.807) is 18.2 Å². The van der Waals surface area contributed by atoms with Crippen molar-refractivity contribution in [2.75, 3.05) is 5.32 Å². The maximum atomic E-state index is 13.6. The van der Waals surface area contributed by atoms with E-state index in [0.717, 1.165) is 12.1 Å². The van der Waals surface area contributed by atoms with Crippen LogP contribution in [0.4, 0.5) is 24.0 Å². The summed E-state index contributed by atoms with van der Waals surface area (Å²) >= 11 is 2.35. The Bertz CT molecular complexity index is 1010. The lowest BCUT2D eigenvalue weighted by molar-refractivity contribution is 0.234. The molecule has 5 nitrogen and oxygen atoms in total. The zero-order valence-corrected chi connectivity index (χ0v) is 15.2. The summed E-state index contributed by atoms with van der Waals surface area (Å²) in [6.07, 6.45) is 0. The number of hydrogen-bond donors (Lipinski definition) is 1. The van der Waals surface area contributed by atoms with Crippen LogP contribution in [0.3, 0.4) is 0 Å². The number of halogens is 3. The summed E-state index contributed by atoms with van der Waals surface area (Å²) < 4.78 is 61.9. The molecule has 0 atom stereocenters. The Balaban J connectivity index is 1.71. The van der Waals surface area contributed by atoms with E-state index in [-0.39, 0.29) is 5.69 Å². The first-order chi connectivity index (χ1) is 12.4. The van der Waals surface area contributed by atoms with E-state index in [1.807, 2.05) is 0 Å². The van der Waals surface area contributed by atoms with Crippen molar-refractivity contribution in [3.05, 3.63) is 54.3 Å². The topological polar surface area (TPSA) is 72.0 Å². The van der Waals surface area contributed by atoms with Crippen molar-refractivity contribution in [2.45, 2.75) is 19.9 Å². The Kier molecular flexibility index (Phi) is 5.49. The van der Waals surface area contributed by atoms with Crippen LogP contribution >= 0.6 is 23.1 Å². The SMILES string of the molecule is O=S(=O)(c1ccc(Sc2nnc(Nc3ccccc3F)s2)cc1)C(F)F. The number of para-hydroxylation sites is 1. The lowest BCUT2D eigenvalue weighted by atomic mass is 10.3. The third kappa shape index (κ3) is 4.17. The fourth-order valence-corrected chi connectivity index (χ4v) is 4.34. The van der Waals surface area contributed by atoms with Gasteiger partial charge in [-0.2, -0.15) is 8.78 Å². The summed E-state index contributed by atoms with van der Waals surface area (Å²) in [6, 6.07) is 11.2. The summed E-state index contributed by atoms with van der Waals surface area (Å²) in [5.41, 5.74) is 0.266. The van der Waals surface area contributed by atoms with Crippen LogP contribution in [0.15, 0.2) is 62.7 Å². The van der Waals surface area contributed by atoms with Gasteiger partial charge in [0.1, 0.15) is 5.82 Å². The fourth-order valence-electron chi connectivity index (χ4n) is 1.88. The molecule has 0 spiro atoms. The predicted molar refractivity (Wildman–Crippen MR) is 93.3 cm³/mol. The molecule has 0 saturated carbocycles. The largest absolute Gasteiger partial charge is 0.341 e. The first-order valence-electron chi connectivity index (χ1n) is 7.01. The van der Waals surface area contributed by atoms with Gasteiger partial charge in [-0.3, -0.25) is 0 Å². The molecule has 1 N–H and O–H groups in total. The summed E-state index contributed by atoms with van der Waals surface area (Å²) in [7, 11) is -4.61. The molecule has 0 bridgehead atoms. The van der Waals surface area contributed by atoms with E-state index in [4.69, 9.17) is 0 Å². The molecular formula is C15H10F3N3O2S3. The number of rotatable bonds is 6. The van der Waals surface area contributed by atoms with Crippen molar-refractivity contribution in [1.82, 2.24) is 10.2 Å². The summed E-state index contributed by atoms with van der Waals surface area (Å²) in [5.74, 6) is -3.89. The van der Waals surface area contributed by atoms with Crippen molar-refractivity contribution in [2.24, 2.45) is 0 Å². The van der Waals surface area contributed by atoms with Gasteiger partial charge in [-0.25, -0.2) is 12.8 Å². The number of anilines is 2.